The summed E-state index contributed by atoms with van der Waals surface area (Å²) in [5, 5.41) is 2.66. The second-order valence-corrected chi connectivity index (χ2v) is 8.39. The summed E-state index contributed by atoms with van der Waals surface area (Å²) in [6.45, 7) is 4.17. The van der Waals surface area contributed by atoms with E-state index in [0.717, 1.165) is 34.1 Å². The number of ether oxygens (including phenoxy) is 1. The first-order valence-electron chi connectivity index (χ1n) is 10.4. The molecule has 0 aliphatic carbocycles. The summed E-state index contributed by atoms with van der Waals surface area (Å²) in [5.41, 5.74) is 3.82. The van der Waals surface area contributed by atoms with Crippen LogP contribution in [0.5, 0.6) is 11.5 Å². The Morgan fingerprint density at radius 3 is 2.38 bits per heavy atom. The van der Waals surface area contributed by atoms with Crippen LogP contribution < -0.4 is 14.5 Å². The fourth-order valence-corrected chi connectivity index (χ4v) is 4.27. The molecule has 1 heterocycles. The highest BCUT2D eigenvalue weighted by Gasteiger charge is 2.19. The lowest BCUT2D eigenvalue weighted by Gasteiger charge is -2.21. The van der Waals surface area contributed by atoms with Gasteiger partial charge in [-0.15, -0.1) is 11.3 Å². The van der Waals surface area contributed by atoms with E-state index < -0.39 is 0 Å². The molecule has 6 heteroatoms. The quantitative estimate of drug-likeness (QED) is 0.324. The van der Waals surface area contributed by atoms with Gasteiger partial charge in [-0.3, -0.25) is 9.69 Å². The van der Waals surface area contributed by atoms with Crippen molar-refractivity contribution in [2.24, 2.45) is 0 Å². The van der Waals surface area contributed by atoms with Gasteiger partial charge in [0.1, 0.15) is 5.75 Å². The predicted octanol–water partition coefficient (Wildman–Crippen LogP) is 6.56. The normalized spacial score (nSPS) is 10.6. The first kappa shape index (κ1) is 21.6. The van der Waals surface area contributed by atoms with Crippen molar-refractivity contribution in [1.82, 2.24) is 4.98 Å². The van der Waals surface area contributed by atoms with Gasteiger partial charge in [0.25, 0.3) is 0 Å². The Balaban J connectivity index is 1.53. The number of anilines is 3. The van der Waals surface area contributed by atoms with E-state index in [2.05, 4.69) is 4.90 Å². The Kier molecular flexibility index (Phi) is 6.52. The third-order valence-corrected chi connectivity index (χ3v) is 5.86. The number of rotatable bonds is 7. The lowest BCUT2D eigenvalue weighted by Crippen LogP contribution is -2.23. The van der Waals surface area contributed by atoms with Crippen molar-refractivity contribution < 1.29 is 9.53 Å². The fraction of sp³-hybridized carbons (Fsp3) is 0.154. The Morgan fingerprint density at radius 1 is 0.969 bits per heavy atom. The number of para-hydroxylation sites is 3. The van der Waals surface area contributed by atoms with Crippen LogP contribution in [0, 0.1) is 6.92 Å². The van der Waals surface area contributed by atoms with Crippen LogP contribution in [0.15, 0.2) is 84.2 Å². The highest BCUT2D eigenvalue weighted by atomic mass is 32.1. The standard InChI is InChI=1S/C26H25N3O2S/c1-19-13-15-22(16-14-19)29(20(2)30)26-27-21(18-32-26)17-28(3)24-11-7-8-12-25(24)31-23-9-5-4-6-10-23/h4-16,18H,17H2,1-3H3. The summed E-state index contributed by atoms with van der Waals surface area (Å²) in [5.74, 6) is 1.51. The minimum atomic E-state index is -0.0651. The van der Waals surface area contributed by atoms with Gasteiger partial charge >= 0.3 is 0 Å². The number of hydrogen-bond acceptors (Lipinski definition) is 5. The molecule has 0 spiro atoms. The minimum absolute atomic E-state index is 0.0651. The zero-order chi connectivity index (χ0) is 22.5. The van der Waals surface area contributed by atoms with Gasteiger partial charge in [0.2, 0.25) is 5.91 Å². The van der Waals surface area contributed by atoms with Gasteiger partial charge in [-0.05, 0) is 43.3 Å². The average Bonchev–Trinajstić information content (AvgIpc) is 3.24. The SMILES string of the molecule is CC(=O)N(c1ccc(C)cc1)c1nc(CN(C)c2ccccc2Oc2ccccc2)cs1. The van der Waals surface area contributed by atoms with Gasteiger partial charge in [0.05, 0.1) is 23.6 Å². The number of nitrogens with zero attached hydrogens (tertiary/aromatic N) is 3. The van der Waals surface area contributed by atoms with Gasteiger partial charge < -0.3 is 9.64 Å². The van der Waals surface area contributed by atoms with E-state index in [-0.39, 0.29) is 5.91 Å². The average molecular weight is 444 g/mol. The Morgan fingerprint density at radius 2 is 1.66 bits per heavy atom. The van der Waals surface area contributed by atoms with Crippen LogP contribution in [0.25, 0.3) is 0 Å². The number of benzene rings is 3. The summed E-state index contributed by atoms with van der Waals surface area (Å²) < 4.78 is 6.10. The zero-order valence-electron chi connectivity index (χ0n) is 18.4. The maximum absolute atomic E-state index is 12.4. The number of hydrogen-bond donors (Lipinski definition) is 0. The van der Waals surface area contributed by atoms with Gasteiger partial charge in [0.15, 0.2) is 10.9 Å². The van der Waals surface area contributed by atoms with Crippen molar-refractivity contribution >= 4 is 33.8 Å². The molecule has 0 atom stereocenters. The molecule has 0 fully saturated rings. The Bertz CT molecular complexity index is 1190. The molecule has 0 unspecified atom stereocenters. The summed E-state index contributed by atoms with van der Waals surface area (Å²) in [6.07, 6.45) is 0. The summed E-state index contributed by atoms with van der Waals surface area (Å²) in [6, 6.07) is 25.6. The molecule has 1 amide bonds. The molecule has 3 aromatic carbocycles. The van der Waals surface area contributed by atoms with Crippen LogP contribution in [-0.4, -0.2) is 17.9 Å². The molecule has 0 saturated heterocycles. The van der Waals surface area contributed by atoms with Gasteiger partial charge in [0, 0.05) is 19.4 Å². The number of carbonyl (C=O) groups is 1. The molecule has 1 aromatic heterocycles. The molecule has 0 radical (unpaired) electrons. The van der Waals surface area contributed by atoms with E-state index in [1.165, 1.54) is 11.3 Å². The minimum Gasteiger partial charge on any atom is -0.455 e. The van der Waals surface area contributed by atoms with Crippen molar-refractivity contribution in [3.63, 3.8) is 0 Å². The van der Waals surface area contributed by atoms with Crippen LogP contribution in [0.1, 0.15) is 18.2 Å². The lowest BCUT2D eigenvalue weighted by molar-refractivity contribution is -0.115. The van der Waals surface area contributed by atoms with Crippen LogP contribution in [0.4, 0.5) is 16.5 Å². The summed E-state index contributed by atoms with van der Waals surface area (Å²) in [4.78, 5) is 20.9. The van der Waals surface area contributed by atoms with Crippen molar-refractivity contribution in [3.8, 4) is 11.5 Å². The molecule has 0 saturated carbocycles. The third-order valence-electron chi connectivity index (χ3n) is 4.98. The molecule has 162 valence electrons. The number of thiazole rings is 1. The van der Waals surface area contributed by atoms with E-state index in [4.69, 9.17) is 9.72 Å². The van der Waals surface area contributed by atoms with Crippen LogP contribution in [-0.2, 0) is 11.3 Å². The molecular formula is C26H25N3O2S. The highest BCUT2D eigenvalue weighted by Crippen LogP contribution is 2.33. The molecule has 32 heavy (non-hydrogen) atoms. The molecule has 0 bridgehead atoms. The highest BCUT2D eigenvalue weighted by molar-refractivity contribution is 7.14. The van der Waals surface area contributed by atoms with Crippen molar-refractivity contribution in [3.05, 3.63) is 95.5 Å². The lowest BCUT2D eigenvalue weighted by atomic mass is 10.2. The first-order chi connectivity index (χ1) is 15.5. The van der Waals surface area contributed by atoms with Gasteiger partial charge in [-0.25, -0.2) is 4.98 Å². The zero-order valence-corrected chi connectivity index (χ0v) is 19.2. The Labute approximate surface area is 192 Å². The smallest absolute Gasteiger partial charge is 0.230 e. The monoisotopic (exact) mass is 443 g/mol. The van der Waals surface area contributed by atoms with E-state index in [9.17, 15) is 4.79 Å². The second kappa shape index (κ2) is 9.66. The third kappa shape index (κ3) is 4.98. The van der Waals surface area contributed by atoms with Crippen LogP contribution in [0.3, 0.4) is 0 Å². The summed E-state index contributed by atoms with van der Waals surface area (Å²) >= 11 is 1.47. The number of aryl methyl sites for hydroxylation is 1. The first-order valence-corrected chi connectivity index (χ1v) is 11.2. The molecule has 0 aliphatic rings. The van der Waals surface area contributed by atoms with Gasteiger partial charge in [-0.1, -0.05) is 48.0 Å². The number of carbonyl (C=O) groups excluding carboxylic acids is 1. The Hall–Kier alpha value is -3.64. The molecular weight excluding hydrogens is 418 g/mol. The number of amides is 1. The largest absolute Gasteiger partial charge is 0.455 e. The fourth-order valence-electron chi connectivity index (χ4n) is 3.39. The maximum atomic E-state index is 12.4. The molecule has 5 nitrogen and oxygen atoms in total. The number of aromatic nitrogens is 1. The molecule has 0 aliphatic heterocycles. The van der Waals surface area contributed by atoms with E-state index in [1.54, 1.807) is 11.8 Å². The predicted molar refractivity (Wildman–Crippen MR) is 131 cm³/mol. The van der Waals surface area contributed by atoms with E-state index >= 15 is 0 Å². The second-order valence-electron chi connectivity index (χ2n) is 7.55. The molecule has 4 rings (SSSR count). The van der Waals surface area contributed by atoms with Crippen molar-refractivity contribution in [1.29, 1.82) is 0 Å². The topological polar surface area (TPSA) is 45.7 Å². The van der Waals surface area contributed by atoms with Crippen LogP contribution >= 0.6 is 11.3 Å². The van der Waals surface area contributed by atoms with Crippen LogP contribution in [0.2, 0.25) is 0 Å². The summed E-state index contributed by atoms with van der Waals surface area (Å²) in [7, 11) is 2.01. The van der Waals surface area contributed by atoms with Crippen molar-refractivity contribution in [2.75, 3.05) is 16.8 Å². The molecule has 4 aromatic rings. The van der Waals surface area contributed by atoms with E-state index in [1.807, 2.05) is 98.2 Å². The maximum Gasteiger partial charge on any atom is 0.230 e. The van der Waals surface area contributed by atoms with E-state index in [0.29, 0.717) is 11.7 Å². The van der Waals surface area contributed by atoms with Crippen molar-refractivity contribution in [2.45, 2.75) is 20.4 Å². The molecule has 0 N–H and O–H groups in total. The van der Waals surface area contributed by atoms with Gasteiger partial charge in [-0.2, -0.15) is 0 Å².